The molecular formula is C19H25F3N2O2. The van der Waals surface area contributed by atoms with Gasteiger partial charge in [-0.15, -0.1) is 6.58 Å². The summed E-state index contributed by atoms with van der Waals surface area (Å²) in [5.41, 5.74) is -1.63. The average Bonchev–Trinajstić information content (AvgIpc) is 2.62. The minimum Gasteiger partial charge on any atom is -0.494 e. The van der Waals surface area contributed by atoms with Gasteiger partial charge in [-0.3, -0.25) is 9.78 Å². The van der Waals surface area contributed by atoms with Gasteiger partial charge in [0.05, 0.1) is 19.0 Å². The highest BCUT2D eigenvalue weighted by Gasteiger charge is 2.55. The summed E-state index contributed by atoms with van der Waals surface area (Å²) in [6.07, 6.45) is 1.30. The number of carbonyl (C=O) groups excluding carboxylic acids is 1. The van der Waals surface area contributed by atoms with Crippen molar-refractivity contribution in [3.05, 3.63) is 31.1 Å². The number of hydrogen-bond acceptors (Lipinski definition) is 4. The van der Waals surface area contributed by atoms with E-state index in [-0.39, 0.29) is 11.8 Å². The van der Waals surface area contributed by atoms with Crippen LogP contribution in [0.25, 0.3) is 0 Å². The summed E-state index contributed by atoms with van der Waals surface area (Å²) >= 11 is 0. The molecule has 0 aromatic carbocycles. The number of nitrogens with zero attached hydrogens (tertiary/aromatic N) is 2. The van der Waals surface area contributed by atoms with Gasteiger partial charge in [0, 0.05) is 37.2 Å². The Balaban J connectivity index is 2.53. The molecule has 1 saturated carbocycles. The predicted octanol–water partition coefficient (Wildman–Crippen LogP) is 4.55. The number of anilines is 1. The first-order chi connectivity index (χ1) is 12.2. The van der Waals surface area contributed by atoms with Crippen molar-refractivity contribution in [2.45, 2.75) is 57.8 Å². The van der Waals surface area contributed by atoms with Crippen molar-refractivity contribution >= 4 is 11.5 Å². The Hall–Kier alpha value is -2.05. The van der Waals surface area contributed by atoms with Crippen molar-refractivity contribution in [3.8, 4) is 5.75 Å². The Kier molecular flexibility index (Phi) is 5.98. The quantitative estimate of drug-likeness (QED) is 0.689. The van der Waals surface area contributed by atoms with Gasteiger partial charge in [-0.05, 0) is 26.7 Å². The molecule has 2 rings (SSSR count). The number of pyridine rings is 1. The lowest BCUT2D eigenvalue weighted by Crippen LogP contribution is -2.55. The molecule has 0 aliphatic heterocycles. The molecule has 26 heavy (non-hydrogen) atoms. The molecule has 0 saturated heterocycles. The maximum atomic E-state index is 13.8. The fraction of sp³-hybridized carbons (Fsp3) is 0.579. The molecule has 1 aromatic rings. The Bertz CT molecular complexity index is 652. The van der Waals surface area contributed by atoms with Gasteiger partial charge in [-0.1, -0.05) is 6.08 Å². The van der Waals surface area contributed by atoms with Crippen LogP contribution in [-0.4, -0.2) is 36.1 Å². The van der Waals surface area contributed by atoms with Gasteiger partial charge < -0.3 is 9.64 Å². The number of ether oxygens (including phenoxy) is 1. The second-order valence-electron chi connectivity index (χ2n) is 6.89. The Morgan fingerprint density at radius 3 is 2.50 bits per heavy atom. The zero-order valence-electron chi connectivity index (χ0n) is 15.3. The molecule has 1 aromatic heterocycles. The maximum absolute atomic E-state index is 13.8. The summed E-state index contributed by atoms with van der Waals surface area (Å²) in [5, 5.41) is 0. The lowest BCUT2D eigenvalue weighted by molar-refractivity contribution is -0.205. The van der Waals surface area contributed by atoms with Crippen LogP contribution < -0.4 is 9.64 Å². The maximum Gasteiger partial charge on any atom is 0.399 e. The smallest absolute Gasteiger partial charge is 0.399 e. The SMILES string of the molecule is C=CC(C)([C@H](C)N(c1cnccc1OC)C1CCC(=O)CC1)C(F)(F)F. The molecule has 1 unspecified atom stereocenters. The van der Waals surface area contributed by atoms with E-state index >= 15 is 0 Å². The largest absolute Gasteiger partial charge is 0.494 e. The van der Waals surface area contributed by atoms with Crippen LogP contribution in [0.3, 0.4) is 0 Å². The van der Waals surface area contributed by atoms with Crippen LogP contribution in [0.5, 0.6) is 5.75 Å². The summed E-state index contributed by atoms with van der Waals surface area (Å²) in [5.74, 6) is 0.603. The Morgan fingerprint density at radius 2 is 2.00 bits per heavy atom. The van der Waals surface area contributed by atoms with Gasteiger partial charge >= 0.3 is 6.18 Å². The third kappa shape index (κ3) is 3.71. The minimum absolute atomic E-state index is 0.148. The van der Waals surface area contributed by atoms with Crippen LogP contribution in [0.4, 0.5) is 18.9 Å². The molecule has 7 heteroatoms. The molecule has 1 aliphatic carbocycles. The third-order valence-electron chi connectivity index (χ3n) is 5.49. The fourth-order valence-corrected chi connectivity index (χ4v) is 3.48. The lowest BCUT2D eigenvalue weighted by Gasteiger charge is -2.47. The highest BCUT2D eigenvalue weighted by atomic mass is 19.4. The van der Waals surface area contributed by atoms with Gasteiger partial charge in [0.2, 0.25) is 0 Å². The van der Waals surface area contributed by atoms with Crippen molar-refractivity contribution in [2.75, 3.05) is 12.0 Å². The second-order valence-corrected chi connectivity index (χ2v) is 6.89. The predicted molar refractivity (Wildman–Crippen MR) is 94.4 cm³/mol. The van der Waals surface area contributed by atoms with Crippen LogP contribution >= 0.6 is 0 Å². The fourth-order valence-electron chi connectivity index (χ4n) is 3.48. The summed E-state index contributed by atoms with van der Waals surface area (Å²) in [4.78, 5) is 17.4. The highest BCUT2D eigenvalue weighted by Crippen LogP contribution is 2.47. The van der Waals surface area contributed by atoms with E-state index in [1.165, 1.54) is 26.4 Å². The van der Waals surface area contributed by atoms with Gasteiger partial charge in [-0.25, -0.2) is 0 Å². The number of Topliss-reactive ketones (excluding diaryl/α,β-unsaturated/α-hetero) is 1. The molecule has 4 nitrogen and oxygen atoms in total. The number of aromatic nitrogens is 1. The van der Waals surface area contributed by atoms with Crippen LogP contribution in [-0.2, 0) is 4.79 Å². The molecule has 0 spiro atoms. The first-order valence-corrected chi connectivity index (χ1v) is 8.64. The van der Waals surface area contributed by atoms with E-state index in [9.17, 15) is 18.0 Å². The zero-order chi connectivity index (χ0) is 19.5. The van der Waals surface area contributed by atoms with Crippen molar-refractivity contribution < 1.29 is 22.7 Å². The monoisotopic (exact) mass is 370 g/mol. The van der Waals surface area contributed by atoms with E-state index < -0.39 is 17.6 Å². The molecule has 2 atom stereocenters. The Labute approximate surface area is 152 Å². The van der Waals surface area contributed by atoms with Crippen molar-refractivity contribution in [3.63, 3.8) is 0 Å². The van der Waals surface area contributed by atoms with Crippen molar-refractivity contribution in [2.24, 2.45) is 5.41 Å². The van der Waals surface area contributed by atoms with Gasteiger partial charge in [-0.2, -0.15) is 13.2 Å². The van der Waals surface area contributed by atoms with E-state index in [4.69, 9.17) is 4.74 Å². The number of ketones is 1. The third-order valence-corrected chi connectivity index (χ3v) is 5.49. The van der Waals surface area contributed by atoms with Crippen LogP contribution in [0, 0.1) is 5.41 Å². The number of methoxy groups -OCH3 is 1. The highest BCUT2D eigenvalue weighted by molar-refractivity contribution is 5.79. The first kappa shape index (κ1) is 20.3. The van der Waals surface area contributed by atoms with Crippen LogP contribution in [0.2, 0.25) is 0 Å². The average molecular weight is 370 g/mol. The molecular weight excluding hydrogens is 345 g/mol. The summed E-state index contributed by atoms with van der Waals surface area (Å²) in [6.45, 7) is 6.14. The topological polar surface area (TPSA) is 42.4 Å². The molecule has 0 radical (unpaired) electrons. The van der Waals surface area contributed by atoms with Crippen molar-refractivity contribution in [1.82, 2.24) is 4.98 Å². The van der Waals surface area contributed by atoms with Crippen LogP contribution in [0.1, 0.15) is 39.5 Å². The second kappa shape index (κ2) is 7.68. The lowest BCUT2D eigenvalue weighted by atomic mass is 9.79. The molecule has 0 bridgehead atoms. The van der Waals surface area contributed by atoms with E-state index in [1.54, 1.807) is 11.0 Å². The molecule has 1 heterocycles. The van der Waals surface area contributed by atoms with E-state index in [2.05, 4.69) is 11.6 Å². The molecule has 1 aliphatic rings. The summed E-state index contributed by atoms with van der Waals surface area (Å²) in [6, 6.07) is 0.473. The molecule has 1 fully saturated rings. The standard InChI is InChI=1S/C19H25F3N2O2/c1-5-18(3,19(20,21)22)13(2)24(14-6-8-15(25)9-7-14)16-12-23-11-10-17(16)26-4/h5,10-14H,1,6-9H2,2-4H3/t13-,18?/m0/s1. The normalized spacial score (nSPS) is 19.5. The number of hydrogen-bond donors (Lipinski definition) is 0. The first-order valence-electron chi connectivity index (χ1n) is 8.64. The molecule has 144 valence electrons. The van der Waals surface area contributed by atoms with Gasteiger partial charge in [0.1, 0.15) is 16.9 Å². The van der Waals surface area contributed by atoms with E-state index in [1.807, 2.05) is 0 Å². The molecule has 0 N–H and O–H groups in total. The van der Waals surface area contributed by atoms with Gasteiger partial charge in [0.25, 0.3) is 0 Å². The van der Waals surface area contributed by atoms with E-state index in [0.717, 1.165) is 13.0 Å². The van der Waals surface area contributed by atoms with Crippen LogP contribution in [0.15, 0.2) is 31.1 Å². The zero-order valence-corrected chi connectivity index (χ0v) is 15.3. The summed E-state index contributed by atoms with van der Waals surface area (Å²) in [7, 11) is 1.47. The summed E-state index contributed by atoms with van der Waals surface area (Å²) < 4.78 is 46.9. The minimum atomic E-state index is -4.47. The molecule has 0 amide bonds. The number of rotatable bonds is 6. The Morgan fingerprint density at radius 1 is 1.38 bits per heavy atom. The number of halogens is 3. The number of alkyl halides is 3. The van der Waals surface area contributed by atoms with Gasteiger partial charge in [0.15, 0.2) is 0 Å². The van der Waals surface area contributed by atoms with E-state index in [0.29, 0.717) is 37.1 Å². The number of carbonyl (C=O) groups is 1. The van der Waals surface area contributed by atoms with Crippen molar-refractivity contribution in [1.29, 1.82) is 0 Å².